The van der Waals surface area contributed by atoms with Crippen molar-refractivity contribution in [2.24, 2.45) is 11.8 Å². The van der Waals surface area contributed by atoms with Crippen LogP contribution in [-0.4, -0.2) is 43.1 Å². The number of carbonyl (C=O) groups is 2. The van der Waals surface area contributed by atoms with E-state index in [9.17, 15) is 9.59 Å². The molecule has 2 aliphatic rings. The van der Waals surface area contributed by atoms with Crippen molar-refractivity contribution in [3.8, 4) is 11.5 Å². The molecule has 1 saturated heterocycles. The molecule has 0 aliphatic carbocycles. The summed E-state index contributed by atoms with van der Waals surface area (Å²) in [4.78, 5) is 27.4. The van der Waals surface area contributed by atoms with Gasteiger partial charge in [-0.05, 0) is 48.6 Å². The molecule has 33 heavy (non-hydrogen) atoms. The molecular formula is C26H33N3O4. The SMILES string of the molecule is CC(C)C(NC(=O)C1CCN(C(=O)Nc2ccccc2)CC1)c1ccc2c(c1)OCCCO2. The number of likely N-dealkylation sites (tertiary alicyclic amines) is 1. The molecule has 2 aliphatic heterocycles. The Morgan fingerprint density at radius 1 is 0.970 bits per heavy atom. The van der Waals surface area contributed by atoms with Crippen molar-refractivity contribution in [1.29, 1.82) is 0 Å². The van der Waals surface area contributed by atoms with Crippen molar-refractivity contribution in [3.63, 3.8) is 0 Å². The van der Waals surface area contributed by atoms with E-state index in [1.807, 2.05) is 48.5 Å². The van der Waals surface area contributed by atoms with Gasteiger partial charge in [0, 0.05) is 31.1 Å². The highest BCUT2D eigenvalue weighted by Gasteiger charge is 2.30. The fraction of sp³-hybridized carbons (Fsp3) is 0.462. The molecule has 2 heterocycles. The van der Waals surface area contributed by atoms with Crippen LogP contribution in [0.5, 0.6) is 11.5 Å². The second-order valence-corrected chi connectivity index (χ2v) is 9.04. The Morgan fingerprint density at radius 3 is 2.36 bits per heavy atom. The molecular weight excluding hydrogens is 418 g/mol. The zero-order valence-corrected chi connectivity index (χ0v) is 19.4. The zero-order chi connectivity index (χ0) is 23.2. The minimum atomic E-state index is -0.118. The maximum Gasteiger partial charge on any atom is 0.321 e. The molecule has 0 bridgehead atoms. The Bertz CT molecular complexity index is 955. The first-order valence-electron chi connectivity index (χ1n) is 11.8. The van der Waals surface area contributed by atoms with E-state index >= 15 is 0 Å². The summed E-state index contributed by atoms with van der Waals surface area (Å²) in [6, 6.07) is 15.1. The van der Waals surface area contributed by atoms with Crippen LogP contribution in [0.15, 0.2) is 48.5 Å². The highest BCUT2D eigenvalue weighted by Crippen LogP contribution is 2.34. The summed E-state index contributed by atoms with van der Waals surface area (Å²) < 4.78 is 11.6. The van der Waals surface area contributed by atoms with Gasteiger partial charge in [-0.3, -0.25) is 4.79 Å². The number of fused-ring (bicyclic) bond motifs is 1. The average Bonchev–Trinajstić information content (AvgIpc) is 3.08. The van der Waals surface area contributed by atoms with Gasteiger partial charge >= 0.3 is 6.03 Å². The Labute approximate surface area is 195 Å². The van der Waals surface area contributed by atoms with Crippen LogP contribution in [0.4, 0.5) is 10.5 Å². The Hall–Kier alpha value is -3.22. The predicted molar refractivity (Wildman–Crippen MR) is 128 cm³/mol. The molecule has 2 aromatic carbocycles. The van der Waals surface area contributed by atoms with Crippen LogP contribution in [-0.2, 0) is 4.79 Å². The molecule has 0 spiro atoms. The van der Waals surface area contributed by atoms with Gasteiger partial charge in [0.25, 0.3) is 0 Å². The van der Waals surface area contributed by atoms with Crippen molar-refractivity contribution in [2.45, 2.75) is 39.2 Å². The van der Waals surface area contributed by atoms with Crippen molar-refractivity contribution in [1.82, 2.24) is 10.2 Å². The number of hydrogen-bond acceptors (Lipinski definition) is 4. The van der Waals surface area contributed by atoms with Gasteiger partial charge in [-0.15, -0.1) is 0 Å². The first-order valence-corrected chi connectivity index (χ1v) is 11.8. The van der Waals surface area contributed by atoms with Gasteiger partial charge in [0.05, 0.1) is 19.3 Å². The van der Waals surface area contributed by atoms with E-state index in [-0.39, 0.29) is 29.8 Å². The van der Waals surface area contributed by atoms with Gasteiger partial charge in [0.1, 0.15) is 0 Å². The quantitative estimate of drug-likeness (QED) is 0.696. The van der Waals surface area contributed by atoms with E-state index in [2.05, 4.69) is 24.5 Å². The number of benzene rings is 2. The third-order valence-corrected chi connectivity index (χ3v) is 6.27. The molecule has 176 valence electrons. The average molecular weight is 452 g/mol. The number of ether oxygens (including phenoxy) is 2. The fourth-order valence-corrected chi connectivity index (χ4v) is 4.35. The number of carbonyl (C=O) groups excluding carboxylic acids is 2. The van der Waals surface area contributed by atoms with Crippen LogP contribution in [0.25, 0.3) is 0 Å². The van der Waals surface area contributed by atoms with E-state index in [1.54, 1.807) is 4.90 Å². The first kappa shape index (κ1) is 23.0. The van der Waals surface area contributed by atoms with Crippen molar-refractivity contribution in [2.75, 3.05) is 31.6 Å². The Kier molecular flexibility index (Phi) is 7.37. The number of anilines is 1. The summed E-state index contributed by atoms with van der Waals surface area (Å²) in [6.07, 6.45) is 2.16. The summed E-state index contributed by atoms with van der Waals surface area (Å²) in [7, 11) is 0. The molecule has 1 unspecified atom stereocenters. The number of rotatable bonds is 5. The molecule has 2 N–H and O–H groups in total. The Morgan fingerprint density at radius 2 is 1.67 bits per heavy atom. The fourth-order valence-electron chi connectivity index (χ4n) is 4.35. The normalized spacial score (nSPS) is 17.2. The Balaban J connectivity index is 1.34. The topological polar surface area (TPSA) is 79.9 Å². The predicted octanol–water partition coefficient (Wildman–Crippen LogP) is 4.61. The molecule has 4 rings (SSSR count). The largest absolute Gasteiger partial charge is 0.490 e. The number of nitrogens with zero attached hydrogens (tertiary/aromatic N) is 1. The maximum absolute atomic E-state index is 13.1. The number of nitrogens with one attached hydrogen (secondary N) is 2. The zero-order valence-electron chi connectivity index (χ0n) is 19.4. The summed E-state index contributed by atoms with van der Waals surface area (Å²) in [5, 5.41) is 6.17. The minimum absolute atomic E-state index is 0.0453. The van der Waals surface area contributed by atoms with Gasteiger partial charge < -0.3 is 25.0 Å². The van der Waals surface area contributed by atoms with Gasteiger partial charge in [0.15, 0.2) is 11.5 Å². The third-order valence-electron chi connectivity index (χ3n) is 6.27. The van der Waals surface area contributed by atoms with E-state index in [1.165, 1.54) is 0 Å². The molecule has 0 radical (unpaired) electrons. The molecule has 7 heteroatoms. The minimum Gasteiger partial charge on any atom is -0.490 e. The van der Waals surface area contributed by atoms with Crippen molar-refractivity contribution in [3.05, 3.63) is 54.1 Å². The second kappa shape index (κ2) is 10.6. The molecule has 1 atom stereocenters. The van der Waals surface area contributed by atoms with Crippen LogP contribution >= 0.6 is 0 Å². The van der Waals surface area contributed by atoms with Crippen LogP contribution in [0.1, 0.15) is 44.7 Å². The van der Waals surface area contributed by atoms with E-state index in [4.69, 9.17) is 9.47 Å². The standard InChI is InChI=1S/C26H33N3O4/c1-18(2)24(20-9-10-22-23(17-20)33-16-6-15-32-22)28-25(30)19-11-13-29(14-12-19)26(31)27-21-7-4-3-5-8-21/h3-5,7-10,17-19,24H,6,11-16H2,1-2H3,(H,27,31)(H,28,30). The number of piperidine rings is 1. The molecule has 2 aromatic rings. The number of urea groups is 1. The van der Waals surface area contributed by atoms with E-state index < -0.39 is 0 Å². The smallest absolute Gasteiger partial charge is 0.321 e. The third kappa shape index (κ3) is 5.78. The van der Waals surface area contributed by atoms with E-state index in [0.29, 0.717) is 39.1 Å². The van der Waals surface area contributed by atoms with Crippen LogP contribution in [0.3, 0.4) is 0 Å². The lowest BCUT2D eigenvalue weighted by Crippen LogP contribution is -2.45. The van der Waals surface area contributed by atoms with Gasteiger partial charge in [-0.2, -0.15) is 0 Å². The van der Waals surface area contributed by atoms with Crippen LogP contribution in [0.2, 0.25) is 0 Å². The lowest BCUT2D eigenvalue weighted by atomic mass is 9.92. The lowest BCUT2D eigenvalue weighted by molar-refractivity contribution is -0.127. The lowest BCUT2D eigenvalue weighted by Gasteiger charge is -2.33. The molecule has 0 saturated carbocycles. The highest BCUT2D eigenvalue weighted by molar-refractivity contribution is 5.89. The summed E-state index contributed by atoms with van der Waals surface area (Å²) in [5.41, 5.74) is 1.79. The number of amides is 3. The molecule has 3 amide bonds. The summed E-state index contributed by atoms with van der Waals surface area (Å²) in [5.74, 6) is 1.65. The number of hydrogen-bond donors (Lipinski definition) is 2. The second-order valence-electron chi connectivity index (χ2n) is 9.04. The molecule has 7 nitrogen and oxygen atoms in total. The maximum atomic E-state index is 13.1. The molecule has 0 aromatic heterocycles. The summed E-state index contributed by atoms with van der Waals surface area (Å²) in [6.45, 7) is 6.61. The monoisotopic (exact) mass is 451 g/mol. The van der Waals surface area contributed by atoms with Gasteiger partial charge in [-0.1, -0.05) is 38.1 Å². The first-order chi connectivity index (χ1) is 16.0. The van der Waals surface area contributed by atoms with E-state index in [0.717, 1.165) is 29.2 Å². The van der Waals surface area contributed by atoms with Crippen LogP contribution in [0, 0.1) is 11.8 Å². The molecule has 1 fully saturated rings. The number of para-hydroxylation sites is 1. The van der Waals surface area contributed by atoms with Crippen molar-refractivity contribution < 1.29 is 19.1 Å². The summed E-state index contributed by atoms with van der Waals surface area (Å²) >= 11 is 0. The van der Waals surface area contributed by atoms with Gasteiger partial charge in [0.2, 0.25) is 5.91 Å². The highest BCUT2D eigenvalue weighted by atomic mass is 16.5. The van der Waals surface area contributed by atoms with Crippen molar-refractivity contribution >= 4 is 17.6 Å². The van der Waals surface area contributed by atoms with Gasteiger partial charge in [-0.25, -0.2) is 4.79 Å². The van der Waals surface area contributed by atoms with Crippen LogP contribution < -0.4 is 20.1 Å².